The van der Waals surface area contributed by atoms with E-state index < -0.39 is 20.0 Å². The Labute approximate surface area is 361 Å². The van der Waals surface area contributed by atoms with E-state index in [0.29, 0.717) is 23.9 Å². The lowest BCUT2D eigenvalue weighted by Gasteiger charge is -2.26. The first-order valence-electron chi connectivity index (χ1n) is 25.4. The van der Waals surface area contributed by atoms with Crippen LogP contribution in [0.3, 0.4) is 0 Å². The number of carbonyl (C=O) groups is 1. The van der Waals surface area contributed by atoms with E-state index >= 15 is 0 Å². The standard InChI is InChI=1S/C49H101N2O6P/c1-6-8-10-12-14-16-17-18-19-20-21-22-23-24-25-26-27-28-29-30-31-32-33-35-37-39-41-43-49(53)50-47(46-57-58(54,55)56-45-44-51(3,4)5)48(52)42-40-38-36-34-15-13-11-9-7-2/h47-48,52H,6-46H2,1-5H3,(H-,50,53,54,55)/p+1. The van der Waals surface area contributed by atoms with Crippen molar-refractivity contribution in [2.45, 2.75) is 270 Å². The third-order valence-corrected chi connectivity index (χ3v) is 12.8. The summed E-state index contributed by atoms with van der Waals surface area (Å²) in [6.07, 6.45) is 47.4. The number of nitrogens with zero attached hydrogens (tertiary/aromatic N) is 1. The van der Waals surface area contributed by atoms with Gasteiger partial charge in [0.25, 0.3) is 0 Å². The summed E-state index contributed by atoms with van der Waals surface area (Å²) in [5, 5.41) is 13.9. The number of amides is 1. The van der Waals surface area contributed by atoms with Crippen LogP contribution in [0.15, 0.2) is 0 Å². The van der Waals surface area contributed by atoms with E-state index in [2.05, 4.69) is 19.2 Å². The second-order valence-electron chi connectivity index (χ2n) is 18.9. The molecule has 0 fully saturated rings. The number of phosphoric ester groups is 1. The molecule has 0 aliphatic rings. The molecule has 3 N–H and O–H groups in total. The Balaban J connectivity index is 3.98. The largest absolute Gasteiger partial charge is 0.472 e. The highest BCUT2D eigenvalue weighted by Gasteiger charge is 2.28. The topological polar surface area (TPSA) is 105 Å². The summed E-state index contributed by atoms with van der Waals surface area (Å²) in [6, 6.07) is -0.752. The van der Waals surface area contributed by atoms with Crippen molar-refractivity contribution >= 4 is 13.7 Å². The molecule has 0 bridgehead atoms. The summed E-state index contributed by atoms with van der Waals surface area (Å²) >= 11 is 0. The van der Waals surface area contributed by atoms with Gasteiger partial charge >= 0.3 is 7.82 Å². The number of likely N-dealkylation sites (N-methyl/N-ethyl adjacent to an activating group) is 1. The molecule has 1 amide bonds. The molecule has 9 heteroatoms. The lowest BCUT2D eigenvalue weighted by Crippen LogP contribution is -2.46. The number of quaternary nitrogens is 1. The van der Waals surface area contributed by atoms with E-state index in [-0.39, 0.29) is 19.1 Å². The molecule has 58 heavy (non-hydrogen) atoms. The van der Waals surface area contributed by atoms with Crippen LogP contribution in [-0.2, 0) is 18.4 Å². The Morgan fingerprint density at radius 1 is 0.517 bits per heavy atom. The van der Waals surface area contributed by atoms with E-state index in [4.69, 9.17) is 9.05 Å². The van der Waals surface area contributed by atoms with Gasteiger partial charge in [-0.05, 0) is 12.8 Å². The van der Waals surface area contributed by atoms with Crippen molar-refractivity contribution in [3.8, 4) is 0 Å². The van der Waals surface area contributed by atoms with Crippen LogP contribution in [-0.4, -0.2) is 73.4 Å². The van der Waals surface area contributed by atoms with Crippen LogP contribution in [0.25, 0.3) is 0 Å². The minimum Gasteiger partial charge on any atom is -0.391 e. The second kappa shape index (κ2) is 41.8. The molecule has 0 spiro atoms. The van der Waals surface area contributed by atoms with Crippen LogP contribution in [0.5, 0.6) is 0 Å². The quantitative estimate of drug-likeness (QED) is 0.0320. The fraction of sp³-hybridized carbons (Fsp3) is 0.980. The molecule has 8 nitrogen and oxygen atoms in total. The van der Waals surface area contributed by atoms with Crippen LogP contribution in [0.4, 0.5) is 0 Å². The summed E-state index contributed by atoms with van der Waals surface area (Å²) in [5.74, 6) is -0.141. The van der Waals surface area contributed by atoms with Crippen LogP contribution in [0, 0.1) is 0 Å². The van der Waals surface area contributed by atoms with Crippen molar-refractivity contribution in [1.82, 2.24) is 5.32 Å². The zero-order valence-corrected chi connectivity index (χ0v) is 40.5. The molecule has 0 saturated carbocycles. The van der Waals surface area contributed by atoms with Gasteiger partial charge < -0.3 is 19.8 Å². The van der Waals surface area contributed by atoms with Crippen LogP contribution in [0.1, 0.15) is 258 Å². The molecular formula is C49H102N2O6P+. The summed E-state index contributed by atoms with van der Waals surface area (Å²) < 4.78 is 23.6. The molecule has 0 radical (unpaired) electrons. The summed E-state index contributed by atoms with van der Waals surface area (Å²) in [5.41, 5.74) is 0. The predicted molar refractivity (Wildman–Crippen MR) is 249 cm³/mol. The number of carbonyl (C=O) groups excluding carboxylic acids is 1. The van der Waals surface area contributed by atoms with E-state index in [1.165, 1.54) is 193 Å². The number of hydrogen-bond acceptors (Lipinski definition) is 5. The van der Waals surface area contributed by atoms with Crippen molar-refractivity contribution in [1.29, 1.82) is 0 Å². The van der Waals surface area contributed by atoms with Crippen molar-refractivity contribution < 1.29 is 32.9 Å². The number of unbranched alkanes of at least 4 members (excludes halogenated alkanes) is 34. The normalized spacial score (nSPS) is 14.1. The molecule has 348 valence electrons. The first kappa shape index (κ1) is 57.5. The fourth-order valence-electron chi connectivity index (χ4n) is 7.81. The maximum absolute atomic E-state index is 12.9. The Hall–Kier alpha value is -0.500. The number of aliphatic hydroxyl groups is 1. The molecule has 0 heterocycles. The van der Waals surface area contributed by atoms with E-state index in [1.54, 1.807) is 0 Å². The van der Waals surface area contributed by atoms with Gasteiger partial charge in [0.1, 0.15) is 13.2 Å². The number of phosphoric acid groups is 1. The lowest BCUT2D eigenvalue weighted by molar-refractivity contribution is -0.870. The SMILES string of the molecule is CCCCCCCCCCCCCCCCCCCCCCCCCCCCCC(=O)NC(COP(=O)(O)OCC[N+](C)(C)C)C(O)CCCCCCCCCCC. The van der Waals surface area contributed by atoms with Gasteiger partial charge in [0.2, 0.25) is 5.91 Å². The van der Waals surface area contributed by atoms with Crippen LogP contribution in [0.2, 0.25) is 0 Å². The zero-order valence-electron chi connectivity index (χ0n) is 39.6. The van der Waals surface area contributed by atoms with Gasteiger partial charge in [0.15, 0.2) is 0 Å². The van der Waals surface area contributed by atoms with Crippen LogP contribution >= 0.6 is 7.82 Å². The van der Waals surface area contributed by atoms with Gasteiger partial charge in [-0.15, -0.1) is 0 Å². The minimum absolute atomic E-state index is 0.0783. The highest BCUT2D eigenvalue weighted by molar-refractivity contribution is 7.47. The Morgan fingerprint density at radius 3 is 1.16 bits per heavy atom. The molecule has 0 rings (SSSR count). The van der Waals surface area contributed by atoms with Crippen molar-refractivity contribution in [2.24, 2.45) is 0 Å². The molecule has 0 aromatic carbocycles. The minimum atomic E-state index is -4.30. The number of rotatable bonds is 47. The molecule has 3 unspecified atom stereocenters. The van der Waals surface area contributed by atoms with E-state index in [0.717, 1.165) is 38.5 Å². The first-order valence-corrected chi connectivity index (χ1v) is 26.9. The van der Waals surface area contributed by atoms with Crippen LogP contribution < -0.4 is 5.32 Å². The summed E-state index contributed by atoms with van der Waals surface area (Å²) in [7, 11) is 1.63. The van der Waals surface area contributed by atoms with E-state index in [9.17, 15) is 19.4 Å². The van der Waals surface area contributed by atoms with Crippen molar-refractivity contribution in [2.75, 3.05) is 40.9 Å². The average molecular weight is 846 g/mol. The molecule has 3 atom stereocenters. The summed E-state index contributed by atoms with van der Waals surface area (Å²) in [6.45, 7) is 4.89. The average Bonchev–Trinajstić information content (AvgIpc) is 3.17. The third-order valence-electron chi connectivity index (χ3n) is 11.9. The Morgan fingerprint density at radius 2 is 0.828 bits per heavy atom. The fourth-order valence-corrected chi connectivity index (χ4v) is 8.55. The molecule has 0 aliphatic heterocycles. The molecule has 0 aliphatic carbocycles. The predicted octanol–water partition coefficient (Wildman–Crippen LogP) is 14.5. The Bertz CT molecular complexity index is 916. The van der Waals surface area contributed by atoms with Gasteiger partial charge in [-0.2, -0.15) is 0 Å². The maximum atomic E-state index is 12.9. The zero-order chi connectivity index (χ0) is 42.8. The monoisotopic (exact) mass is 846 g/mol. The van der Waals surface area contributed by atoms with Gasteiger partial charge in [-0.25, -0.2) is 4.57 Å². The number of nitrogens with one attached hydrogen (secondary N) is 1. The first-order chi connectivity index (χ1) is 28.0. The highest BCUT2D eigenvalue weighted by atomic mass is 31.2. The van der Waals surface area contributed by atoms with Gasteiger partial charge in [0, 0.05) is 6.42 Å². The molecular weight excluding hydrogens is 744 g/mol. The highest BCUT2D eigenvalue weighted by Crippen LogP contribution is 2.43. The van der Waals surface area contributed by atoms with Crippen molar-refractivity contribution in [3.05, 3.63) is 0 Å². The molecule has 0 aromatic heterocycles. The molecule has 0 saturated heterocycles. The summed E-state index contributed by atoms with van der Waals surface area (Å²) in [4.78, 5) is 23.1. The maximum Gasteiger partial charge on any atom is 0.472 e. The molecule has 0 aromatic rings. The number of aliphatic hydroxyl groups excluding tert-OH is 1. The third kappa shape index (κ3) is 43.6. The second-order valence-corrected chi connectivity index (χ2v) is 20.4. The van der Waals surface area contributed by atoms with E-state index in [1.807, 2.05) is 21.1 Å². The number of hydrogen-bond donors (Lipinski definition) is 3. The lowest BCUT2D eigenvalue weighted by atomic mass is 10.0. The van der Waals surface area contributed by atoms with Gasteiger partial charge in [0.05, 0.1) is 39.9 Å². The smallest absolute Gasteiger partial charge is 0.391 e. The van der Waals surface area contributed by atoms with Crippen molar-refractivity contribution in [3.63, 3.8) is 0 Å². The van der Waals surface area contributed by atoms with Gasteiger partial charge in [-0.3, -0.25) is 13.8 Å². The Kier molecular flexibility index (Phi) is 41.5. The van der Waals surface area contributed by atoms with Gasteiger partial charge in [-0.1, -0.05) is 239 Å².